The van der Waals surface area contributed by atoms with Crippen LogP contribution >= 0.6 is 0 Å². The highest BCUT2D eigenvalue weighted by molar-refractivity contribution is 5.84. The van der Waals surface area contributed by atoms with Crippen LogP contribution in [0, 0.1) is 40.8 Å². The number of allylic oxidation sites excluding steroid dienone is 1. The third kappa shape index (κ3) is 4.16. The monoisotopic (exact) mass is 407 g/mol. The van der Waals surface area contributed by atoms with Crippen LogP contribution in [-0.2, 0) is 4.79 Å². The number of unbranched alkanes of at least 4 members (excludes halogenated alkanes) is 1. The van der Waals surface area contributed by atoms with E-state index in [4.69, 9.17) is 10.00 Å². The number of hydrogen-bond acceptors (Lipinski definition) is 4. The topological polar surface area (TPSA) is 75.0 Å². The lowest BCUT2D eigenvalue weighted by atomic mass is 9.96. The smallest absolute Gasteiger partial charge is 0.227 e. The predicted octanol–water partition coefficient (Wildman–Crippen LogP) is 4.74. The van der Waals surface area contributed by atoms with Crippen LogP contribution < -0.4 is 10.1 Å². The summed E-state index contributed by atoms with van der Waals surface area (Å²) in [6.07, 6.45) is 5.42. The number of fused-ring (bicyclic) bond motifs is 2. The van der Waals surface area contributed by atoms with Crippen molar-refractivity contribution in [1.82, 2.24) is 10.3 Å². The second-order valence-electron chi connectivity index (χ2n) is 8.48. The number of carbonyl (C=O) groups is 1. The van der Waals surface area contributed by atoms with E-state index in [-0.39, 0.29) is 23.7 Å². The molecule has 0 bridgehead atoms. The van der Waals surface area contributed by atoms with Crippen LogP contribution in [0.3, 0.4) is 0 Å². The second kappa shape index (κ2) is 8.43. The van der Waals surface area contributed by atoms with Crippen LogP contribution in [0.25, 0.3) is 10.9 Å². The molecule has 1 N–H and O–H groups in total. The molecular weight excluding hydrogens is 381 g/mol. The molecule has 156 valence electrons. The molecule has 1 aromatic heterocycles. The molecule has 4 rings (SSSR count). The Hall–Kier alpha value is -2.94. The first-order valence-electron chi connectivity index (χ1n) is 10.5. The summed E-state index contributed by atoms with van der Waals surface area (Å²) in [6.45, 7) is 5.88. The zero-order valence-corrected chi connectivity index (χ0v) is 17.1. The summed E-state index contributed by atoms with van der Waals surface area (Å²) in [6, 6.07) is 8.42. The second-order valence-corrected chi connectivity index (χ2v) is 8.48. The highest BCUT2D eigenvalue weighted by atomic mass is 19.1. The molecule has 2 saturated carbocycles. The van der Waals surface area contributed by atoms with Gasteiger partial charge in [-0.2, -0.15) is 5.26 Å². The zero-order chi connectivity index (χ0) is 21.3. The van der Waals surface area contributed by atoms with Crippen molar-refractivity contribution in [3.05, 3.63) is 48.6 Å². The minimum atomic E-state index is -0.302. The Bertz CT molecular complexity index is 1000. The molecule has 1 heterocycles. The van der Waals surface area contributed by atoms with Gasteiger partial charge in [-0.15, -0.1) is 0 Å². The van der Waals surface area contributed by atoms with Crippen molar-refractivity contribution in [2.24, 2.45) is 23.7 Å². The Kier molecular flexibility index (Phi) is 5.72. The third-order valence-corrected chi connectivity index (χ3v) is 6.48. The van der Waals surface area contributed by atoms with Crippen LogP contribution in [0.2, 0.25) is 0 Å². The molecule has 3 unspecified atom stereocenters. The number of hydrogen-bond donors (Lipinski definition) is 1. The van der Waals surface area contributed by atoms with E-state index < -0.39 is 0 Å². The fourth-order valence-electron chi connectivity index (χ4n) is 4.96. The Morgan fingerprint density at radius 2 is 2.17 bits per heavy atom. The number of halogens is 1. The lowest BCUT2D eigenvalue weighted by Gasteiger charge is -2.20. The summed E-state index contributed by atoms with van der Waals surface area (Å²) < 4.78 is 19.9. The average molecular weight is 407 g/mol. The van der Waals surface area contributed by atoms with Gasteiger partial charge in [0.25, 0.3) is 0 Å². The number of carbonyl (C=O) groups excluding carboxylic acids is 1. The first-order valence-corrected chi connectivity index (χ1v) is 10.5. The molecule has 1 amide bonds. The van der Waals surface area contributed by atoms with Crippen molar-refractivity contribution < 1.29 is 13.9 Å². The van der Waals surface area contributed by atoms with Crippen molar-refractivity contribution in [3.8, 4) is 11.8 Å². The first kappa shape index (κ1) is 20.3. The summed E-state index contributed by atoms with van der Waals surface area (Å²) in [5, 5.41) is 12.2. The highest BCUT2D eigenvalue weighted by Crippen LogP contribution is 2.61. The van der Waals surface area contributed by atoms with Gasteiger partial charge in [0.15, 0.2) is 0 Å². The molecule has 2 aliphatic rings. The molecular formula is C24H26FN3O2. The van der Waals surface area contributed by atoms with E-state index in [1.165, 1.54) is 12.1 Å². The zero-order valence-electron chi connectivity index (χ0n) is 17.1. The number of nitrogens with zero attached hydrogens (tertiary/aromatic N) is 2. The predicted molar refractivity (Wildman–Crippen MR) is 112 cm³/mol. The standard InChI is InChI=1S/C24H26FN3O2/c1-14(5-3-4-9-26)28-24(29)15(2)23-18-12-17(13-19(18)23)30-22-8-10-27-21-7-6-16(25)11-20(21)22/h6-8,10-11,15,17-19,23H,1,3-5,12-13H2,2H3,(H,28,29)/t15?,17?,18-,19+,23?. The Morgan fingerprint density at radius 1 is 1.40 bits per heavy atom. The largest absolute Gasteiger partial charge is 0.490 e. The lowest BCUT2D eigenvalue weighted by molar-refractivity contribution is -0.124. The number of amides is 1. The number of benzene rings is 1. The number of ether oxygens (including phenoxy) is 1. The quantitative estimate of drug-likeness (QED) is 0.642. The number of rotatable bonds is 8. The van der Waals surface area contributed by atoms with Crippen molar-refractivity contribution in [1.29, 1.82) is 5.26 Å². The summed E-state index contributed by atoms with van der Waals surface area (Å²) in [7, 11) is 0. The molecule has 2 aliphatic carbocycles. The summed E-state index contributed by atoms with van der Waals surface area (Å²) >= 11 is 0. The molecule has 0 radical (unpaired) electrons. The molecule has 0 saturated heterocycles. The van der Waals surface area contributed by atoms with Crippen LogP contribution in [0.4, 0.5) is 4.39 Å². The van der Waals surface area contributed by atoms with Gasteiger partial charge in [-0.05, 0) is 67.7 Å². The van der Waals surface area contributed by atoms with Crippen LogP contribution in [0.15, 0.2) is 42.7 Å². The van der Waals surface area contributed by atoms with Gasteiger partial charge in [0.05, 0.1) is 17.7 Å². The summed E-state index contributed by atoms with van der Waals surface area (Å²) in [5.74, 6) is 1.68. The summed E-state index contributed by atoms with van der Waals surface area (Å²) in [4.78, 5) is 16.8. The molecule has 0 aliphatic heterocycles. The van der Waals surface area contributed by atoms with E-state index in [1.807, 2.05) is 6.92 Å². The van der Waals surface area contributed by atoms with Crippen LogP contribution in [-0.4, -0.2) is 17.0 Å². The fraction of sp³-hybridized carbons (Fsp3) is 0.458. The van der Waals surface area contributed by atoms with Crippen molar-refractivity contribution in [2.45, 2.75) is 45.1 Å². The van der Waals surface area contributed by atoms with Crippen LogP contribution in [0.5, 0.6) is 5.75 Å². The van der Waals surface area contributed by atoms with Gasteiger partial charge in [0, 0.05) is 29.6 Å². The van der Waals surface area contributed by atoms with E-state index in [0.717, 1.165) is 18.4 Å². The molecule has 2 fully saturated rings. The van der Waals surface area contributed by atoms with Gasteiger partial charge >= 0.3 is 0 Å². The number of nitrogens with one attached hydrogen (secondary N) is 1. The highest BCUT2D eigenvalue weighted by Gasteiger charge is 2.59. The molecule has 30 heavy (non-hydrogen) atoms. The van der Waals surface area contributed by atoms with Crippen LogP contribution in [0.1, 0.15) is 39.0 Å². The van der Waals surface area contributed by atoms with Gasteiger partial charge < -0.3 is 10.1 Å². The maximum atomic E-state index is 13.7. The first-order chi connectivity index (χ1) is 14.5. The van der Waals surface area contributed by atoms with E-state index >= 15 is 0 Å². The van der Waals surface area contributed by atoms with Gasteiger partial charge in [-0.25, -0.2) is 4.39 Å². The SMILES string of the molecule is C=C(CCCC#N)NC(=O)C(C)C1[C@H]2CC(Oc3ccnc4ccc(F)cc34)C[C@@H]12. The molecule has 5 atom stereocenters. The maximum absolute atomic E-state index is 13.7. The Labute approximate surface area is 175 Å². The van der Waals surface area contributed by atoms with Crippen molar-refractivity contribution in [3.63, 3.8) is 0 Å². The minimum Gasteiger partial charge on any atom is -0.490 e. The normalized spacial score (nSPS) is 25.2. The van der Waals surface area contributed by atoms with E-state index in [0.29, 0.717) is 53.8 Å². The van der Waals surface area contributed by atoms with E-state index in [9.17, 15) is 9.18 Å². The lowest BCUT2D eigenvalue weighted by Crippen LogP contribution is -2.31. The molecule has 6 heteroatoms. The molecule has 0 spiro atoms. The van der Waals surface area contributed by atoms with E-state index in [1.54, 1.807) is 18.3 Å². The van der Waals surface area contributed by atoms with E-state index in [2.05, 4.69) is 22.9 Å². The summed E-state index contributed by atoms with van der Waals surface area (Å²) in [5.41, 5.74) is 1.40. The maximum Gasteiger partial charge on any atom is 0.227 e. The van der Waals surface area contributed by atoms with Gasteiger partial charge in [-0.1, -0.05) is 13.5 Å². The Morgan fingerprint density at radius 3 is 2.90 bits per heavy atom. The Balaban J connectivity index is 1.30. The molecule has 5 nitrogen and oxygen atoms in total. The van der Waals surface area contributed by atoms with Crippen molar-refractivity contribution in [2.75, 3.05) is 0 Å². The third-order valence-electron chi connectivity index (χ3n) is 6.48. The number of nitriles is 1. The van der Waals surface area contributed by atoms with Gasteiger partial charge in [0.1, 0.15) is 11.6 Å². The van der Waals surface area contributed by atoms with Gasteiger partial charge in [-0.3, -0.25) is 9.78 Å². The molecule has 1 aromatic carbocycles. The van der Waals surface area contributed by atoms with Gasteiger partial charge in [0.2, 0.25) is 5.91 Å². The fourth-order valence-corrected chi connectivity index (χ4v) is 4.96. The molecule has 2 aromatic rings. The number of pyridine rings is 1. The van der Waals surface area contributed by atoms with Crippen molar-refractivity contribution >= 4 is 16.8 Å². The number of aromatic nitrogens is 1. The minimum absolute atomic E-state index is 0.0180. The average Bonchev–Trinajstić information content (AvgIpc) is 3.22.